The molecular formula is C26H28O15. The van der Waals surface area contributed by atoms with Crippen LogP contribution in [0.2, 0.25) is 0 Å². The number of aromatic hydroxyl groups is 2. The monoisotopic (exact) mass is 580 g/mol. The van der Waals surface area contributed by atoms with Gasteiger partial charge in [0.05, 0.1) is 18.6 Å². The Morgan fingerprint density at radius 1 is 0.780 bits per heavy atom. The highest BCUT2D eigenvalue weighted by Crippen LogP contribution is 2.38. The Bertz CT molecular complexity index is 1450. The maximum absolute atomic E-state index is 13.1. The van der Waals surface area contributed by atoms with Crippen molar-refractivity contribution in [2.45, 2.75) is 55.3 Å². The van der Waals surface area contributed by atoms with E-state index < -0.39 is 85.4 Å². The number of hydrogen-bond donors (Lipinski definition) is 9. The summed E-state index contributed by atoms with van der Waals surface area (Å²) >= 11 is 0. The molecule has 1 aromatic heterocycles. The Balaban J connectivity index is 1.57. The Morgan fingerprint density at radius 3 is 2.17 bits per heavy atom. The summed E-state index contributed by atoms with van der Waals surface area (Å²) < 4.78 is 28.0. The van der Waals surface area contributed by atoms with E-state index in [1.54, 1.807) is 0 Å². The lowest BCUT2D eigenvalue weighted by molar-refractivity contribution is -0.278. The van der Waals surface area contributed by atoms with Gasteiger partial charge in [-0.1, -0.05) is 0 Å². The van der Waals surface area contributed by atoms with Crippen LogP contribution in [-0.4, -0.2) is 114 Å². The number of aliphatic hydroxyl groups is 7. The molecule has 0 aliphatic carbocycles. The largest absolute Gasteiger partial charge is 0.504 e. The van der Waals surface area contributed by atoms with Gasteiger partial charge in [-0.05, 0) is 24.3 Å². The number of rotatable bonds is 6. The summed E-state index contributed by atoms with van der Waals surface area (Å²) in [6, 6.07) is 7.19. The Hall–Kier alpha value is -3.51. The first-order valence-corrected chi connectivity index (χ1v) is 12.4. The summed E-state index contributed by atoms with van der Waals surface area (Å²) in [7, 11) is 0. The van der Waals surface area contributed by atoms with Gasteiger partial charge in [-0.2, -0.15) is 0 Å². The van der Waals surface area contributed by atoms with E-state index >= 15 is 0 Å². The second-order valence-electron chi connectivity index (χ2n) is 9.66. The summed E-state index contributed by atoms with van der Waals surface area (Å²) in [4.78, 5) is 13.1. The van der Waals surface area contributed by atoms with Gasteiger partial charge in [-0.3, -0.25) is 4.79 Å². The number of benzene rings is 2. The molecule has 2 aliphatic rings. The molecule has 0 unspecified atom stereocenters. The molecule has 9 N–H and O–H groups in total. The lowest BCUT2D eigenvalue weighted by atomic mass is 9.99. The van der Waals surface area contributed by atoms with Gasteiger partial charge in [0.2, 0.25) is 12.6 Å². The van der Waals surface area contributed by atoms with Crippen LogP contribution in [-0.2, 0) is 9.47 Å². The second-order valence-corrected chi connectivity index (χ2v) is 9.66. The smallest absolute Gasteiger partial charge is 0.229 e. The van der Waals surface area contributed by atoms with E-state index in [-0.39, 0.29) is 33.8 Å². The van der Waals surface area contributed by atoms with Gasteiger partial charge in [0.25, 0.3) is 0 Å². The third-order valence-electron chi connectivity index (χ3n) is 6.84. The minimum Gasteiger partial charge on any atom is -0.504 e. The van der Waals surface area contributed by atoms with Crippen LogP contribution in [0.3, 0.4) is 0 Å². The normalized spacial score (nSPS) is 32.1. The van der Waals surface area contributed by atoms with Gasteiger partial charge in [0.1, 0.15) is 54.1 Å². The molecule has 0 spiro atoms. The molecule has 2 saturated heterocycles. The molecule has 0 radical (unpaired) electrons. The third kappa shape index (κ3) is 5.54. The molecule has 15 heteroatoms. The van der Waals surface area contributed by atoms with Crippen LogP contribution >= 0.6 is 0 Å². The SMILES string of the molecule is O=c1cc(-c2ccc(O)c(O)c2)oc2cc(O[C@@H]3O[C@H](CO)[C@@H](O)[C@H](O)[C@H]3O)c(O[C@@H]3OC[C@H](O)[C@H](O)[C@H]3O)cc12. The van der Waals surface area contributed by atoms with Crippen LogP contribution in [0.4, 0.5) is 0 Å². The fraction of sp³-hybridized carbons (Fsp3) is 0.423. The second kappa shape index (κ2) is 11.4. The molecule has 3 aromatic rings. The van der Waals surface area contributed by atoms with E-state index in [9.17, 15) is 50.8 Å². The molecule has 222 valence electrons. The van der Waals surface area contributed by atoms with Gasteiger partial charge in [-0.25, -0.2) is 0 Å². The van der Waals surface area contributed by atoms with Gasteiger partial charge in [0, 0.05) is 17.7 Å². The number of hydrogen-bond acceptors (Lipinski definition) is 15. The molecule has 2 aromatic carbocycles. The summed E-state index contributed by atoms with van der Waals surface area (Å²) in [6.07, 6.45) is -14.5. The van der Waals surface area contributed by atoms with Gasteiger partial charge in [-0.15, -0.1) is 0 Å². The van der Waals surface area contributed by atoms with Crippen LogP contribution in [0.5, 0.6) is 23.0 Å². The summed E-state index contributed by atoms with van der Waals surface area (Å²) in [5, 5.41) is 89.8. The van der Waals surface area contributed by atoms with Crippen LogP contribution in [0.1, 0.15) is 0 Å². The summed E-state index contributed by atoms with van der Waals surface area (Å²) in [6.45, 7) is -1.13. The van der Waals surface area contributed by atoms with Crippen LogP contribution < -0.4 is 14.9 Å². The molecule has 41 heavy (non-hydrogen) atoms. The molecule has 2 aliphatic heterocycles. The fourth-order valence-corrected chi connectivity index (χ4v) is 4.46. The number of aliphatic hydroxyl groups excluding tert-OH is 7. The molecule has 2 fully saturated rings. The van der Waals surface area contributed by atoms with Crippen molar-refractivity contribution >= 4 is 11.0 Å². The van der Waals surface area contributed by atoms with Crippen molar-refractivity contribution in [3.05, 3.63) is 46.6 Å². The number of ether oxygens (including phenoxy) is 4. The third-order valence-corrected chi connectivity index (χ3v) is 6.84. The van der Waals surface area contributed by atoms with Crippen LogP contribution in [0.15, 0.2) is 45.6 Å². The van der Waals surface area contributed by atoms with Crippen molar-refractivity contribution in [1.29, 1.82) is 0 Å². The van der Waals surface area contributed by atoms with E-state index in [1.165, 1.54) is 18.2 Å². The summed E-state index contributed by atoms with van der Waals surface area (Å²) in [5.74, 6) is -1.41. The van der Waals surface area contributed by atoms with Crippen molar-refractivity contribution < 1.29 is 69.3 Å². The predicted molar refractivity (Wildman–Crippen MR) is 134 cm³/mol. The fourth-order valence-electron chi connectivity index (χ4n) is 4.46. The standard InChI is InChI=1S/C26H28O15/c27-7-19-21(33)22(34)24(36)26(41-19)40-18-6-16-10(4-17(18)39-25-23(35)20(32)14(31)8-37-25)12(29)5-15(38-16)9-1-2-11(28)13(30)3-9/h1-6,14,19-28,30-36H,7-8H2/t14-,19+,20-,21+,22-,23+,24+,25-,26+/m0/s1. The van der Waals surface area contributed by atoms with E-state index in [0.29, 0.717) is 0 Å². The van der Waals surface area contributed by atoms with E-state index in [1.807, 2.05) is 0 Å². The molecule has 0 saturated carbocycles. The average Bonchev–Trinajstić information content (AvgIpc) is 2.95. The van der Waals surface area contributed by atoms with Crippen molar-refractivity contribution in [1.82, 2.24) is 0 Å². The zero-order chi connectivity index (χ0) is 29.6. The number of phenolic OH excluding ortho intramolecular Hbond substituents is 2. The van der Waals surface area contributed by atoms with E-state index in [4.69, 9.17) is 23.4 Å². The number of phenols is 2. The zero-order valence-electron chi connectivity index (χ0n) is 21.0. The molecule has 0 amide bonds. The highest BCUT2D eigenvalue weighted by Gasteiger charge is 2.45. The first-order chi connectivity index (χ1) is 19.5. The predicted octanol–water partition coefficient (Wildman–Crippen LogP) is -2.13. The lowest BCUT2D eigenvalue weighted by Gasteiger charge is -2.40. The first-order valence-electron chi connectivity index (χ1n) is 12.4. The lowest BCUT2D eigenvalue weighted by Crippen LogP contribution is -2.60. The Kier molecular flexibility index (Phi) is 8.06. The average molecular weight is 580 g/mol. The van der Waals surface area contributed by atoms with Crippen LogP contribution in [0, 0.1) is 0 Å². The topological polar surface area (TPSA) is 249 Å². The molecule has 9 atom stereocenters. The number of fused-ring (bicyclic) bond motifs is 1. The molecule has 15 nitrogen and oxygen atoms in total. The molecule has 5 rings (SSSR count). The quantitative estimate of drug-likeness (QED) is 0.141. The summed E-state index contributed by atoms with van der Waals surface area (Å²) in [5.41, 5.74) is -0.437. The minimum atomic E-state index is -1.82. The van der Waals surface area contributed by atoms with Gasteiger partial charge >= 0.3 is 0 Å². The molecular weight excluding hydrogens is 552 g/mol. The van der Waals surface area contributed by atoms with E-state index in [2.05, 4.69) is 0 Å². The molecule has 0 bridgehead atoms. The molecule has 3 heterocycles. The van der Waals surface area contributed by atoms with Gasteiger partial charge < -0.3 is 69.3 Å². The maximum atomic E-state index is 13.1. The Morgan fingerprint density at radius 2 is 1.46 bits per heavy atom. The highest BCUT2D eigenvalue weighted by molar-refractivity contribution is 5.82. The van der Waals surface area contributed by atoms with Crippen molar-refractivity contribution in [2.75, 3.05) is 13.2 Å². The zero-order valence-corrected chi connectivity index (χ0v) is 21.0. The van der Waals surface area contributed by atoms with Crippen LogP contribution in [0.25, 0.3) is 22.3 Å². The van der Waals surface area contributed by atoms with Gasteiger partial charge in [0.15, 0.2) is 28.4 Å². The minimum absolute atomic E-state index is 0.00611. The Labute approximate surface area is 230 Å². The highest BCUT2D eigenvalue weighted by atomic mass is 16.7. The maximum Gasteiger partial charge on any atom is 0.229 e. The van der Waals surface area contributed by atoms with Crippen molar-refractivity contribution in [3.63, 3.8) is 0 Å². The van der Waals surface area contributed by atoms with E-state index in [0.717, 1.165) is 18.2 Å². The van der Waals surface area contributed by atoms with Crippen molar-refractivity contribution in [2.24, 2.45) is 0 Å². The van der Waals surface area contributed by atoms with Crippen molar-refractivity contribution in [3.8, 4) is 34.3 Å². The first kappa shape index (κ1) is 29.0.